The summed E-state index contributed by atoms with van der Waals surface area (Å²) in [7, 11) is 0. The Bertz CT molecular complexity index is 546. The lowest BCUT2D eigenvalue weighted by Gasteiger charge is -2.18. The molecule has 0 aliphatic heterocycles. The second kappa shape index (κ2) is 7.37. The number of nitrogens with zero attached hydrogens (tertiary/aromatic N) is 1. The van der Waals surface area contributed by atoms with Crippen LogP contribution in [0.3, 0.4) is 0 Å². The first-order valence-corrected chi connectivity index (χ1v) is 7.12. The predicted molar refractivity (Wildman–Crippen MR) is 78.4 cm³/mol. The van der Waals surface area contributed by atoms with Gasteiger partial charge in [-0.3, -0.25) is 10.1 Å². The summed E-state index contributed by atoms with van der Waals surface area (Å²) in [5.41, 5.74) is -0.221. The molecule has 0 fully saturated rings. The fraction of sp³-hybridized carbons (Fsp3) is 0.462. The minimum absolute atomic E-state index is 0.165. The van der Waals surface area contributed by atoms with Gasteiger partial charge in [0.1, 0.15) is 0 Å². The lowest BCUT2D eigenvalue weighted by Crippen LogP contribution is -2.27. The average molecular weight is 362 g/mol. The van der Waals surface area contributed by atoms with Crippen LogP contribution in [0.25, 0.3) is 0 Å². The van der Waals surface area contributed by atoms with Crippen LogP contribution in [0.4, 0.5) is 5.69 Å². The molecule has 0 amide bonds. The van der Waals surface area contributed by atoms with Gasteiger partial charge in [0.2, 0.25) is 5.75 Å². The number of ether oxygens (including phenoxy) is 1. The quantitative estimate of drug-likeness (QED) is 0.570. The van der Waals surface area contributed by atoms with Gasteiger partial charge in [-0.2, -0.15) is 0 Å². The van der Waals surface area contributed by atoms with E-state index in [0.717, 1.165) is 0 Å². The van der Waals surface area contributed by atoms with E-state index in [9.17, 15) is 20.0 Å². The van der Waals surface area contributed by atoms with Crippen molar-refractivity contribution in [1.29, 1.82) is 0 Å². The highest BCUT2D eigenvalue weighted by Gasteiger charge is 2.28. The number of aliphatic carboxylic acids is 1. The lowest BCUT2D eigenvalue weighted by molar-refractivity contribution is -0.386. The van der Waals surface area contributed by atoms with E-state index in [1.807, 2.05) is 0 Å². The summed E-state index contributed by atoms with van der Waals surface area (Å²) in [6, 6.07) is 2.68. The first-order valence-electron chi connectivity index (χ1n) is 6.33. The number of aliphatic hydroxyl groups excluding tert-OH is 1. The monoisotopic (exact) mass is 361 g/mol. The Balaban J connectivity index is 3.36. The molecule has 1 rings (SSSR count). The molecule has 2 N–H and O–H groups in total. The van der Waals surface area contributed by atoms with Gasteiger partial charge in [-0.1, -0.05) is 29.3 Å². The molecule has 116 valence electrons. The molecule has 0 saturated carbocycles. The van der Waals surface area contributed by atoms with Crippen LogP contribution >= 0.6 is 15.9 Å². The van der Waals surface area contributed by atoms with Gasteiger partial charge < -0.3 is 14.9 Å². The number of hydrogen-bond donors (Lipinski definition) is 2. The van der Waals surface area contributed by atoms with Crippen LogP contribution in [0.5, 0.6) is 5.75 Å². The van der Waals surface area contributed by atoms with Gasteiger partial charge in [-0.15, -0.1) is 0 Å². The van der Waals surface area contributed by atoms with Gasteiger partial charge in [0.05, 0.1) is 11.0 Å². The summed E-state index contributed by atoms with van der Waals surface area (Å²) >= 11 is 3.12. The van der Waals surface area contributed by atoms with Crippen LogP contribution in [-0.2, 0) is 4.79 Å². The normalized spacial score (nSPS) is 13.5. The molecule has 7 nitrogen and oxygen atoms in total. The fourth-order valence-corrected chi connectivity index (χ4v) is 2.27. The standard InChI is InChI=1S/C13H16BrNO6/c1-3-4-11(13(17)18)21-12-9(7(2)16)5-8(14)6-10(12)15(19)20/h5-7,11,16H,3-4H2,1-2H3,(H,17,18)/t7-,11?/m1/s1. The van der Waals surface area contributed by atoms with Crippen molar-refractivity contribution in [3.05, 3.63) is 32.3 Å². The van der Waals surface area contributed by atoms with Gasteiger partial charge >= 0.3 is 11.7 Å². The van der Waals surface area contributed by atoms with Crippen LogP contribution in [0.1, 0.15) is 38.4 Å². The molecule has 2 atom stereocenters. The van der Waals surface area contributed by atoms with E-state index in [0.29, 0.717) is 10.9 Å². The lowest BCUT2D eigenvalue weighted by atomic mass is 10.1. The van der Waals surface area contributed by atoms with Crippen LogP contribution in [0.15, 0.2) is 16.6 Å². The molecule has 8 heteroatoms. The minimum atomic E-state index is -1.20. The summed E-state index contributed by atoms with van der Waals surface area (Å²) in [5.74, 6) is -1.41. The third kappa shape index (κ3) is 4.40. The molecule has 0 bridgehead atoms. The molecule has 1 unspecified atom stereocenters. The zero-order valence-corrected chi connectivity index (χ0v) is 13.2. The molecule has 1 aromatic carbocycles. The molecule has 0 spiro atoms. The van der Waals surface area contributed by atoms with E-state index in [2.05, 4.69) is 15.9 Å². The highest BCUT2D eigenvalue weighted by molar-refractivity contribution is 9.10. The SMILES string of the molecule is CCCC(Oc1c([C@@H](C)O)cc(Br)cc1[N+](=O)[O-])C(=O)O. The molecule has 0 radical (unpaired) electrons. The van der Waals surface area contributed by atoms with Gasteiger partial charge in [0, 0.05) is 16.1 Å². The molecule has 0 saturated heterocycles. The van der Waals surface area contributed by atoms with Crippen molar-refractivity contribution < 1.29 is 24.7 Å². The highest BCUT2D eigenvalue weighted by atomic mass is 79.9. The van der Waals surface area contributed by atoms with Crippen molar-refractivity contribution in [3.63, 3.8) is 0 Å². The number of nitro groups is 1. The summed E-state index contributed by atoms with van der Waals surface area (Å²) in [4.78, 5) is 21.6. The Morgan fingerprint density at radius 1 is 1.52 bits per heavy atom. The van der Waals surface area contributed by atoms with Gasteiger partial charge in [-0.25, -0.2) is 4.79 Å². The summed E-state index contributed by atoms with van der Waals surface area (Å²) in [6.45, 7) is 3.21. The van der Waals surface area contributed by atoms with Crippen molar-refractivity contribution in [1.82, 2.24) is 0 Å². The second-order valence-electron chi connectivity index (χ2n) is 4.51. The number of benzene rings is 1. The topological polar surface area (TPSA) is 110 Å². The zero-order valence-electron chi connectivity index (χ0n) is 11.6. The Morgan fingerprint density at radius 2 is 2.14 bits per heavy atom. The van der Waals surface area contributed by atoms with Gasteiger partial charge in [0.15, 0.2) is 6.10 Å². The Labute approximate surface area is 129 Å². The maximum absolute atomic E-state index is 11.2. The van der Waals surface area contributed by atoms with Crippen LogP contribution in [0.2, 0.25) is 0 Å². The number of carbonyl (C=O) groups is 1. The van der Waals surface area contributed by atoms with Gasteiger partial charge in [-0.05, 0) is 19.4 Å². The van der Waals surface area contributed by atoms with Crippen LogP contribution in [-0.4, -0.2) is 27.2 Å². The molecular formula is C13H16BrNO6. The number of hydrogen-bond acceptors (Lipinski definition) is 5. The van der Waals surface area contributed by atoms with E-state index >= 15 is 0 Å². The zero-order chi connectivity index (χ0) is 16.2. The van der Waals surface area contributed by atoms with Gasteiger partial charge in [0.25, 0.3) is 0 Å². The first-order chi connectivity index (χ1) is 9.77. The minimum Gasteiger partial charge on any atom is -0.479 e. The Hall–Kier alpha value is -1.67. The Morgan fingerprint density at radius 3 is 2.57 bits per heavy atom. The fourth-order valence-electron chi connectivity index (χ4n) is 1.81. The number of carboxylic acids is 1. The predicted octanol–water partition coefficient (Wildman–Crippen LogP) is 3.04. The molecular weight excluding hydrogens is 346 g/mol. The molecule has 0 aliphatic carbocycles. The summed E-state index contributed by atoms with van der Waals surface area (Å²) in [6.07, 6.45) is -1.48. The van der Waals surface area contributed by atoms with Crippen LogP contribution < -0.4 is 4.74 Å². The second-order valence-corrected chi connectivity index (χ2v) is 5.43. The van der Waals surface area contributed by atoms with E-state index in [1.54, 1.807) is 6.92 Å². The number of aliphatic hydroxyl groups is 1. The molecule has 0 heterocycles. The number of halogens is 1. The Kier molecular flexibility index (Phi) is 6.10. The largest absolute Gasteiger partial charge is 0.479 e. The number of nitro benzene ring substituents is 1. The highest BCUT2D eigenvalue weighted by Crippen LogP contribution is 2.38. The first kappa shape index (κ1) is 17.4. The number of rotatable bonds is 7. The smallest absolute Gasteiger partial charge is 0.344 e. The summed E-state index contributed by atoms with van der Waals surface area (Å²) < 4.78 is 5.74. The maximum atomic E-state index is 11.2. The molecule has 0 aromatic heterocycles. The third-order valence-corrected chi connectivity index (χ3v) is 3.25. The molecule has 21 heavy (non-hydrogen) atoms. The molecule has 1 aromatic rings. The van der Waals surface area contributed by atoms with E-state index in [-0.39, 0.29) is 23.4 Å². The summed E-state index contributed by atoms with van der Waals surface area (Å²) in [5, 5.41) is 30.0. The van der Waals surface area contributed by atoms with Crippen molar-refractivity contribution in [2.75, 3.05) is 0 Å². The van der Waals surface area contributed by atoms with Crippen molar-refractivity contribution in [2.24, 2.45) is 0 Å². The van der Waals surface area contributed by atoms with Crippen molar-refractivity contribution >= 4 is 27.6 Å². The van der Waals surface area contributed by atoms with Crippen molar-refractivity contribution in [3.8, 4) is 5.75 Å². The average Bonchev–Trinajstić information content (AvgIpc) is 2.38. The maximum Gasteiger partial charge on any atom is 0.344 e. The van der Waals surface area contributed by atoms with E-state index in [1.165, 1.54) is 19.1 Å². The third-order valence-electron chi connectivity index (χ3n) is 2.80. The van der Waals surface area contributed by atoms with Crippen molar-refractivity contribution in [2.45, 2.75) is 38.9 Å². The molecule has 0 aliphatic rings. The number of carboxylic acid groups (broad SMARTS) is 1. The van der Waals surface area contributed by atoms with Crippen LogP contribution in [0, 0.1) is 10.1 Å². The van der Waals surface area contributed by atoms with E-state index in [4.69, 9.17) is 9.84 Å². The van der Waals surface area contributed by atoms with E-state index < -0.39 is 23.1 Å².